The Hall–Kier alpha value is -1.94. The minimum atomic E-state index is -4.76. The average Bonchev–Trinajstić information content (AvgIpc) is 3.08. The summed E-state index contributed by atoms with van der Waals surface area (Å²) in [6.45, 7) is 0. The monoisotopic (exact) mass is 492 g/mol. The molecule has 1 N–H and O–H groups in total. The SMILES string of the molecule is O=C(Cc1csc(SCc2ccc(Cl)cc2Cl)n1)Nc1ccc(OC(F)(F)F)cc1. The van der Waals surface area contributed by atoms with Gasteiger partial charge in [-0.05, 0) is 42.0 Å². The van der Waals surface area contributed by atoms with Crippen molar-refractivity contribution >= 4 is 57.9 Å². The van der Waals surface area contributed by atoms with E-state index < -0.39 is 6.36 Å². The Balaban J connectivity index is 1.51. The fraction of sp³-hybridized carbons (Fsp3) is 0.158. The first kappa shape index (κ1) is 22.7. The fourth-order valence-electron chi connectivity index (χ4n) is 2.32. The van der Waals surface area contributed by atoms with Crippen LogP contribution < -0.4 is 10.1 Å². The molecule has 0 saturated carbocycles. The summed E-state index contributed by atoms with van der Waals surface area (Å²) in [5.74, 6) is -0.0776. The van der Waals surface area contributed by atoms with Crippen molar-refractivity contribution in [3.8, 4) is 5.75 Å². The number of aromatic nitrogens is 1. The molecule has 0 aliphatic carbocycles. The molecule has 0 spiro atoms. The lowest BCUT2D eigenvalue weighted by atomic mass is 10.2. The molecule has 30 heavy (non-hydrogen) atoms. The molecule has 0 saturated heterocycles. The fourth-order valence-corrected chi connectivity index (χ4v) is 4.73. The summed E-state index contributed by atoms with van der Waals surface area (Å²) in [4.78, 5) is 16.6. The molecule has 1 amide bonds. The van der Waals surface area contributed by atoms with Gasteiger partial charge in [-0.25, -0.2) is 4.98 Å². The van der Waals surface area contributed by atoms with E-state index in [0.717, 1.165) is 22.0 Å². The minimum absolute atomic E-state index is 0.0412. The predicted molar refractivity (Wildman–Crippen MR) is 114 cm³/mol. The minimum Gasteiger partial charge on any atom is -0.406 e. The van der Waals surface area contributed by atoms with E-state index in [2.05, 4.69) is 15.0 Å². The molecule has 0 atom stereocenters. The van der Waals surface area contributed by atoms with E-state index in [9.17, 15) is 18.0 Å². The number of hydrogen-bond acceptors (Lipinski definition) is 5. The van der Waals surface area contributed by atoms with Crippen LogP contribution in [-0.2, 0) is 17.0 Å². The number of rotatable bonds is 7. The predicted octanol–water partition coefficient (Wildman–Crippen LogP) is 6.82. The van der Waals surface area contributed by atoms with Gasteiger partial charge in [-0.3, -0.25) is 4.79 Å². The zero-order valence-corrected chi connectivity index (χ0v) is 18.1. The van der Waals surface area contributed by atoms with Gasteiger partial charge in [-0.15, -0.1) is 24.5 Å². The normalized spacial score (nSPS) is 11.4. The van der Waals surface area contributed by atoms with Gasteiger partial charge in [0.2, 0.25) is 5.91 Å². The van der Waals surface area contributed by atoms with Gasteiger partial charge in [0.25, 0.3) is 0 Å². The maximum atomic E-state index is 12.2. The highest BCUT2D eigenvalue weighted by molar-refractivity contribution is 8.00. The summed E-state index contributed by atoms with van der Waals surface area (Å²) in [5, 5.41) is 5.55. The van der Waals surface area contributed by atoms with E-state index in [1.54, 1.807) is 17.5 Å². The number of carbonyl (C=O) groups is 1. The lowest BCUT2D eigenvalue weighted by molar-refractivity contribution is -0.274. The van der Waals surface area contributed by atoms with Crippen LogP contribution in [0.4, 0.5) is 18.9 Å². The van der Waals surface area contributed by atoms with Gasteiger partial charge in [0, 0.05) is 26.9 Å². The highest BCUT2D eigenvalue weighted by Gasteiger charge is 2.30. The molecule has 0 aliphatic heterocycles. The van der Waals surface area contributed by atoms with Crippen molar-refractivity contribution in [1.82, 2.24) is 4.98 Å². The first-order valence-corrected chi connectivity index (χ1v) is 11.0. The van der Waals surface area contributed by atoms with Crippen molar-refractivity contribution in [3.63, 3.8) is 0 Å². The maximum Gasteiger partial charge on any atom is 0.573 e. The number of halogens is 5. The largest absolute Gasteiger partial charge is 0.573 e. The van der Waals surface area contributed by atoms with Gasteiger partial charge in [0.1, 0.15) is 10.1 Å². The number of thioether (sulfide) groups is 1. The van der Waals surface area contributed by atoms with Crippen LogP contribution in [0.1, 0.15) is 11.3 Å². The lowest BCUT2D eigenvalue weighted by Gasteiger charge is -2.09. The number of anilines is 1. The molecule has 3 aromatic rings. The molecule has 0 radical (unpaired) electrons. The van der Waals surface area contributed by atoms with Crippen LogP contribution in [0.25, 0.3) is 0 Å². The Morgan fingerprint density at radius 2 is 1.90 bits per heavy atom. The van der Waals surface area contributed by atoms with E-state index in [4.69, 9.17) is 23.2 Å². The molecule has 0 bridgehead atoms. The second-order valence-electron chi connectivity index (χ2n) is 5.93. The Morgan fingerprint density at radius 1 is 1.17 bits per heavy atom. The van der Waals surface area contributed by atoms with Gasteiger partial charge in [0.15, 0.2) is 0 Å². The summed E-state index contributed by atoms with van der Waals surface area (Å²) in [7, 11) is 0. The number of ether oxygens (including phenoxy) is 1. The van der Waals surface area contributed by atoms with Crippen molar-refractivity contribution < 1.29 is 22.7 Å². The van der Waals surface area contributed by atoms with E-state index in [1.165, 1.54) is 35.2 Å². The molecular formula is C19H13Cl2F3N2O2S2. The van der Waals surface area contributed by atoms with Crippen LogP contribution in [-0.4, -0.2) is 17.3 Å². The van der Waals surface area contributed by atoms with Crippen LogP contribution in [0.5, 0.6) is 5.75 Å². The molecule has 0 aliphatic rings. The Kier molecular flexibility index (Phi) is 7.51. The number of alkyl halides is 3. The lowest BCUT2D eigenvalue weighted by Crippen LogP contribution is -2.17. The van der Waals surface area contributed by atoms with Gasteiger partial charge < -0.3 is 10.1 Å². The van der Waals surface area contributed by atoms with Crippen LogP contribution >= 0.6 is 46.3 Å². The maximum absolute atomic E-state index is 12.2. The standard InChI is InChI=1S/C19H13Cl2F3N2O2S2/c20-12-2-1-11(16(21)7-12)9-29-18-26-14(10-30-18)8-17(27)25-13-3-5-15(6-4-13)28-19(22,23)24/h1-7,10H,8-9H2,(H,25,27). The number of carbonyl (C=O) groups excluding carboxylic acids is 1. The van der Waals surface area contributed by atoms with Crippen molar-refractivity contribution in [2.24, 2.45) is 0 Å². The number of amides is 1. The first-order valence-electron chi connectivity index (χ1n) is 8.35. The average molecular weight is 493 g/mol. The van der Waals surface area contributed by atoms with E-state index in [1.807, 2.05) is 6.07 Å². The van der Waals surface area contributed by atoms with E-state index in [-0.39, 0.29) is 18.1 Å². The van der Waals surface area contributed by atoms with E-state index >= 15 is 0 Å². The van der Waals surface area contributed by atoms with Crippen molar-refractivity contribution in [2.45, 2.75) is 22.9 Å². The van der Waals surface area contributed by atoms with Crippen LogP contribution in [0.3, 0.4) is 0 Å². The number of benzene rings is 2. The third-order valence-corrected chi connectivity index (χ3v) is 6.32. The van der Waals surface area contributed by atoms with Gasteiger partial charge in [-0.2, -0.15) is 0 Å². The summed E-state index contributed by atoms with van der Waals surface area (Å²) in [6, 6.07) is 10.2. The number of nitrogens with zero attached hydrogens (tertiary/aromatic N) is 1. The van der Waals surface area contributed by atoms with Gasteiger partial charge >= 0.3 is 6.36 Å². The molecule has 11 heteroatoms. The summed E-state index contributed by atoms with van der Waals surface area (Å²) < 4.78 is 41.1. The molecule has 2 aromatic carbocycles. The highest BCUT2D eigenvalue weighted by Crippen LogP contribution is 2.30. The molecule has 4 nitrogen and oxygen atoms in total. The molecule has 3 rings (SSSR count). The molecule has 0 fully saturated rings. The topological polar surface area (TPSA) is 51.2 Å². The molecule has 158 valence electrons. The third kappa shape index (κ3) is 7.09. The third-order valence-electron chi connectivity index (χ3n) is 3.61. The second-order valence-corrected chi connectivity index (χ2v) is 8.85. The van der Waals surface area contributed by atoms with Crippen molar-refractivity contribution in [3.05, 3.63) is 69.1 Å². The van der Waals surface area contributed by atoms with Crippen LogP contribution in [0.15, 0.2) is 52.2 Å². The molecule has 1 heterocycles. The molecular weight excluding hydrogens is 480 g/mol. The number of nitrogens with one attached hydrogen (secondary N) is 1. The van der Waals surface area contributed by atoms with Crippen molar-refractivity contribution in [1.29, 1.82) is 0 Å². The van der Waals surface area contributed by atoms with Gasteiger partial charge in [-0.1, -0.05) is 41.0 Å². The summed E-state index contributed by atoms with van der Waals surface area (Å²) in [5.41, 5.74) is 1.88. The van der Waals surface area contributed by atoms with Crippen molar-refractivity contribution in [2.75, 3.05) is 5.32 Å². The Morgan fingerprint density at radius 3 is 2.57 bits per heavy atom. The summed E-state index contributed by atoms with van der Waals surface area (Å²) in [6.07, 6.45) is -4.72. The second kappa shape index (κ2) is 9.91. The number of thiazole rings is 1. The molecule has 0 unspecified atom stereocenters. The quantitative estimate of drug-likeness (QED) is 0.367. The van der Waals surface area contributed by atoms with Crippen LogP contribution in [0.2, 0.25) is 10.0 Å². The zero-order valence-electron chi connectivity index (χ0n) is 15.0. The van der Waals surface area contributed by atoms with E-state index in [0.29, 0.717) is 27.2 Å². The molecule has 1 aromatic heterocycles. The van der Waals surface area contributed by atoms with Crippen LogP contribution in [0, 0.1) is 0 Å². The Bertz CT molecular complexity index is 1030. The smallest absolute Gasteiger partial charge is 0.406 e. The highest BCUT2D eigenvalue weighted by atomic mass is 35.5. The first-order chi connectivity index (χ1) is 14.2. The zero-order chi connectivity index (χ0) is 21.7. The summed E-state index contributed by atoms with van der Waals surface area (Å²) >= 11 is 14.9. The Labute approximate surface area is 188 Å². The number of hydrogen-bond donors (Lipinski definition) is 1. The van der Waals surface area contributed by atoms with Gasteiger partial charge in [0.05, 0.1) is 12.1 Å².